The highest BCUT2D eigenvalue weighted by Gasteiger charge is 2.43. The van der Waals surface area contributed by atoms with Gasteiger partial charge in [-0.05, 0) is 36.3 Å². The van der Waals surface area contributed by atoms with Crippen LogP contribution in [0.1, 0.15) is 29.2 Å². The molecule has 4 nitrogen and oxygen atoms in total. The van der Waals surface area contributed by atoms with Gasteiger partial charge in [0, 0.05) is 60.1 Å². The van der Waals surface area contributed by atoms with Gasteiger partial charge in [0.2, 0.25) is 0 Å². The predicted molar refractivity (Wildman–Crippen MR) is 117 cm³/mol. The summed E-state index contributed by atoms with van der Waals surface area (Å²) in [6, 6.07) is 20.1. The molecule has 0 spiro atoms. The third-order valence-corrected chi connectivity index (χ3v) is 6.49. The molecule has 0 radical (unpaired) electrons. The van der Waals surface area contributed by atoms with Gasteiger partial charge in [0.15, 0.2) is 0 Å². The number of ether oxygens (including phenoxy) is 1. The Balaban J connectivity index is 1.22. The molecule has 2 atom stereocenters. The second kappa shape index (κ2) is 6.89. The predicted octanol–water partition coefficient (Wildman–Crippen LogP) is 4.41. The number of hydrogen-bond acceptors (Lipinski definition) is 4. The summed E-state index contributed by atoms with van der Waals surface area (Å²) in [7, 11) is 0. The molecule has 6 rings (SSSR count). The average molecular weight is 383 g/mol. The van der Waals surface area contributed by atoms with Crippen LogP contribution in [0.15, 0.2) is 60.8 Å². The molecular weight excluding hydrogens is 358 g/mol. The summed E-state index contributed by atoms with van der Waals surface area (Å²) >= 11 is 0. The van der Waals surface area contributed by atoms with Crippen LogP contribution in [0.25, 0.3) is 17.0 Å². The molecule has 2 aromatic carbocycles. The van der Waals surface area contributed by atoms with Gasteiger partial charge < -0.3 is 14.5 Å². The van der Waals surface area contributed by atoms with Crippen molar-refractivity contribution in [1.82, 2.24) is 9.88 Å². The summed E-state index contributed by atoms with van der Waals surface area (Å²) < 4.78 is 5.53. The smallest absolute Gasteiger partial charge is 0.0705 e. The summed E-state index contributed by atoms with van der Waals surface area (Å²) in [5.74, 6) is 0.535. The van der Waals surface area contributed by atoms with Crippen LogP contribution in [-0.4, -0.2) is 42.2 Å². The van der Waals surface area contributed by atoms with E-state index in [1.165, 1.54) is 34.3 Å². The number of anilines is 1. The summed E-state index contributed by atoms with van der Waals surface area (Å²) in [5, 5.41) is 1.22. The highest BCUT2D eigenvalue weighted by atomic mass is 16.5. The van der Waals surface area contributed by atoms with Gasteiger partial charge in [-0.2, -0.15) is 0 Å². The van der Waals surface area contributed by atoms with Crippen molar-refractivity contribution in [3.8, 4) is 0 Å². The zero-order valence-electron chi connectivity index (χ0n) is 16.5. The van der Waals surface area contributed by atoms with E-state index in [4.69, 9.17) is 9.72 Å². The lowest BCUT2D eigenvalue weighted by Crippen LogP contribution is -2.37. The molecule has 3 aliphatic rings. The Morgan fingerprint density at radius 3 is 2.76 bits per heavy atom. The second-order valence-electron chi connectivity index (χ2n) is 8.28. The van der Waals surface area contributed by atoms with Crippen molar-refractivity contribution < 1.29 is 4.74 Å². The number of rotatable bonds is 3. The van der Waals surface area contributed by atoms with Crippen molar-refractivity contribution in [1.29, 1.82) is 0 Å². The molecule has 3 heterocycles. The Bertz CT molecular complexity index is 1090. The Hall–Kier alpha value is -2.85. The third-order valence-electron chi connectivity index (χ3n) is 6.49. The molecule has 0 N–H and O–H groups in total. The number of nitrogens with zero attached hydrogens (tertiary/aromatic N) is 3. The molecule has 2 fully saturated rings. The highest BCUT2D eigenvalue weighted by molar-refractivity contribution is 5.78. The topological polar surface area (TPSA) is 28.6 Å². The number of hydrogen-bond donors (Lipinski definition) is 0. The Labute approximate surface area is 171 Å². The maximum atomic E-state index is 5.53. The van der Waals surface area contributed by atoms with Gasteiger partial charge in [-0.3, -0.25) is 4.98 Å². The first-order valence-corrected chi connectivity index (χ1v) is 10.6. The maximum Gasteiger partial charge on any atom is 0.0705 e. The van der Waals surface area contributed by atoms with E-state index in [0.717, 1.165) is 38.4 Å². The van der Waals surface area contributed by atoms with Crippen molar-refractivity contribution in [3.05, 3.63) is 77.6 Å². The van der Waals surface area contributed by atoms with Crippen molar-refractivity contribution in [2.75, 3.05) is 31.2 Å². The number of aromatic nitrogens is 1. The van der Waals surface area contributed by atoms with Gasteiger partial charge in [0.25, 0.3) is 0 Å². The normalized spacial score (nSPS) is 23.3. The van der Waals surface area contributed by atoms with Crippen molar-refractivity contribution in [2.45, 2.75) is 24.9 Å². The number of fused-ring (bicyclic) bond motifs is 2. The van der Waals surface area contributed by atoms with Gasteiger partial charge in [-0.1, -0.05) is 36.4 Å². The van der Waals surface area contributed by atoms with Gasteiger partial charge in [-0.25, -0.2) is 0 Å². The van der Waals surface area contributed by atoms with Crippen LogP contribution in [-0.2, 0) is 11.3 Å². The minimum Gasteiger partial charge on any atom is -0.378 e. The van der Waals surface area contributed by atoms with Gasteiger partial charge in [-0.15, -0.1) is 0 Å². The van der Waals surface area contributed by atoms with Gasteiger partial charge in [0.1, 0.15) is 0 Å². The highest BCUT2D eigenvalue weighted by Crippen LogP contribution is 2.46. The second-order valence-corrected chi connectivity index (χ2v) is 8.28. The first-order chi connectivity index (χ1) is 14.4. The molecule has 3 aromatic rings. The van der Waals surface area contributed by atoms with E-state index in [1.54, 1.807) is 0 Å². The molecule has 29 heavy (non-hydrogen) atoms. The minimum absolute atomic E-state index is 0.535. The number of para-hydroxylation sites is 1. The Morgan fingerprint density at radius 2 is 1.83 bits per heavy atom. The van der Waals surface area contributed by atoms with E-state index in [9.17, 15) is 0 Å². The van der Waals surface area contributed by atoms with Crippen LogP contribution >= 0.6 is 0 Å². The molecular formula is C25H25N3O. The van der Waals surface area contributed by atoms with Gasteiger partial charge >= 0.3 is 0 Å². The molecule has 1 aromatic heterocycles. The summed E-state index contributed by atoms with van der Waals surface area (Å²) in [6.07, 6.45) is 5.80. The lowest BCUT2D eigenvalue weighted by molar-refractivity contribution is 0.122. The quantitative estimate of drug-likeness (QED) is 0.670. The Kier molecular flexibility index (Phi) is 4.05. The summed E-state index contributed by atoms with van der Waals surface area (Å²) in [4.78, 5) is 9.90. The molecule has 1 saturated carbocycles. The first-order valence-electron chi connectivity index (χ1n) is 10.6. The third kappa shape index (κ3) is 3.08. The largest absolute Gasteiger partial charge is 0.378 e. The van der Waals surface area contributed by atoms with Crippen LogP contribution in [0, 0.1) is 0 Å². The van der Waals surface area contributed by atoms with Crippen LogP contribution in [0.4, 0.5) is 5.69 Å². The van der Waals surface area contributed by atoms with Crippen LogP contribution < -0.4 is 4.90 Å². The first kappa shape index (κ1) is 17.0. The fourth-order valence-corrected chi connectivity index (χ4v) is 4.81. The van der Waals surface area contributed by atoms with E-state index in [0.29, 0.717) is 12.0 Å². The Morgan fingerprint density at radius 1 is 0.931 bits per heavy atom. The molecule has 2 aliphatic heterocycles. The van der Waals surface area contributed by atoms with E-state index in [2.05, 4.69) is 76.7 Å². The zero-order valence-corrected chi connectivity index (χ0v) is 16.5. The number of pyridine rings is 1. The van der Waals surface area contributed by atoms with Crippen molar-refractivity contribution >= 4 is 22.7 Å². The van der Waals surface area contributed by atoms with Crippen LogP contribution in [0.5, 0.6) is 0 Å². The fraction of sp³-hybridized carbons (Fsp3) is 0.320. The molecule has 2 unspecified atom stereocenters. The molecule has 0 bridgehead atoms. The average Bonchev–Trinajstić information content (AvgIpc) is 3.60. The zero-order chi connectivity index (χ0) is 19.2. The van der Waals surface area contributed by atoms with Crippen molar-refractivity contribution in [2.24, 2.45) is 0 Å². The SMILES string of the molecule is C1=CN(C2CC2c2ccc3ccccc3n2)Cc2cccc(N3CCOCC3)c21. The molecule has 1 aliphatic carbocycles. The van der Waals surface area contributed by atoms with E-state index in [1.807, 2.05) is 0 Å². The summed E-state index contributed by atoms with van der Waals surface area (Å²) in [5.41, 5.74) is 6.49. The number of benzene rings is 2. The maximum absolute atomic E-state index is 5.53. The van der Waals surface area contributed by atoms with E-state index in [-0.39, 0.29) is 0 Å². The summed E-state index contributed by atoms with van der Waals surface area (Å²) in [6.45, 7) is 4.58. The van der Waals surface area contributed by atoms with E-state index < -0.39 is 0 Å². The van der Waals surface area contributed by atoms with E-state index >= 15 is 0 Å². The lowest BCUT2D eigenvalue weighted by atomic mass is 10.0. The lowest BCUT2D eigenvalue weighted by Gasteiger charge is -2.33. The molecule has 1 saturated heterocycles. The molecule has 0 amide bonds. The number of morpholine rings is 1. The molecule has 4 heteroatoms. The van der Waals surface area contributed by atoms with Crippen LogP contribution in [0.3, 0.4) is 0 Å². The monoisotopic (exact) mass is 383 g/mol. The fourth-order valence-electron chi connectivity index (χ4n) is 4.81. The molecule has 146 valence electrons. The van der Waals surface area contributed by atoms with Crippen molar-refractivity contribution in [3.63, 3.8) is 0 Å². The van der Waals surface area contributed by atoms with Gasteiger partial charge in [0.05, 0.1) is 18.7 Å². The van der Waals surface area contributed by atoms with Crippen LogP contribution in [0.2, 0.25) is 0 Å². The standard InChI is InChI=1S/C25H25N3O/c1-2-6-22-18(4-1)8-9-23(26-22)21-16-25(21)28-11-10-20-19(17-28)5-3-7-24(20)27-12-14-29-15-13-27/h1-11,21,25H,12-17H2. The minimum atomic E-state index is 0.535.